The van der Waals surface area contributed by atoms with Crippen LogP contribution in [0.4, 0.5) is 0 Å². The molecule has 4 nitrogen and oxygen atoms in total. The summed E-state index contributed by atoms with van der Waals surface area (Å²) in [4.78, 5) is 0. The molecule has 0 spiro atoms. The first kappa shape index (κ1) is 12.1. The lowest BCUT2D eigenvalue weighted by molar-refractivity contribution is 0.461. The van der Waals surface area contributed by atoms with Crippen LogP contribution in [0.5, 0.6) is 11.6 Å². The van der Waals surface area contributed by atoms with Crippen LogP contribution in [0.3, 0.4) is 0 Å². The van der Waals surface area contributed by atoms with Gasteiger partial charge < -0.3 is 4.74 Å². The van der Waals surface area contributed by atoms with Crippen LogP contribution in [0.1, 0.15) is 11.3 Å². The predicted molar refractivity (Wildman–Crippen MR) is 75.5 cm³/mol. The first-order chi connectivity index (χ1) is 9.78. The highest BCUT2D eigenvalue weighted by Gasteiger charge is 2.08. The highest BCUT2D eigenvalue weighted by atomic mass is 16.5. The molecule has 4 heteroatoms. The van der Waals surface area contributed by atoms with Crippen LogP contribution in [0, 0.1) is 18.3 Å². The summed E-state index contributed by atoms with van der Waals surface area (Å²) in [5, 5.41) is 18.9. The van der Waals surface area contributed by atoms with Crippen LogP contribution in [-0.2, 0) is 0 Å². The number of fused-ring (bicyclic) bond motifs is 1. The lowest BCUT2D eigenvalue weighted by atomic mass is 10.1. The molecule has 3 aromatic rings. The van der Waals surface area contributed by atoms with E-state index >= 15 is 0 Å². The van der Waals surface area contributed by atoms with Crippen molar-refractivity contribution in [1.29, 1.82) is 5.26 Å². The first-order valence-electron chi connectivity index (χ1n) is 6.18. The van der Waals surface area contributed by atoms with Gasteiger partial charge in [-0.2, -0.15) is 10.4 Å². The average molecular weight is 261 g/mol. The van der Waals surface area contributed by atoms with E-state index in [0.29, 0.717) is 17.2 Å². The monoisotopic (exact) mass is 261 g/mol. The molecule has 0 aliphatic rings. The van der Waals surface area contributed by atoms with Gasteiger partial charge in [0.2, 0.25) is 5.88 Å². The van der Waals surface area contributed by atoms with E-state index in [1.54, 1.807) is 24.3 Å². The summed E-state index contributed by atoms with van der Waals surface area (Å²) in [6.45, 7) is 1.92. The molecule has 0 atom stereocenters. The number of ether oxygens (including phenoxy) is 1. The Kier molecular flexibility index (Phi) is 3.02. The highest BCUT2D eigenvalue weighted by Crippen LogP contribution is 2.28. The van der Waals surface area contributed by atoms with Gasteiger partial charge in [0.1, 0.15) is 5.75 Å². The van der Waals surface area contributed by atoms with Gasteiger partial charge in [-0.15, -0.1) is 5.10 Å². The lowest BCUT2D eigenvalue weighted by Gasteiger charge is -2.08. The molecule has 0 N–H and O–H groups in total. The summed E-state index contributed by atoms with van der Waals surface area (Å²) in [5.41, 5.74) is 1.46. The topological polar surface area (TPSA) is 58.8 Å². The summed E-state index contributed by atoms with van der Waals surface area (Å²) in [6.07, 6.45) is 0. The molecule has 1 aromatic heterocycles. The Hall–Kier alpha value is -2.93. The minimum absolute atomic E-state index is 0.468. The van der Waals surface area contributed by atoms with Crippen molar-refractivity contribution >= 4 is 10.8 Å². The fourth-order valence-corrected chi connectivity index (χ4v) is 2.00. The van der Waals surface area contributed by atoms with Gasteiger partial charge in [0.05, 0.1) is 17.3 Å². The van der Waals surface area contributed by atoms with Crippen LogP contribution >= 0.6 is 0 Å². The summed E-state index contributed by atoms with van der Waals surface area (Å²) >= 11 is 0. The summed E-state index contributed by atoms with van der Waals surface area (Å²) in [5.74, 6) is 1.10. The first-order valence-corrected chi connectivity index (χ1v) is 6.18. The predicted octanol–water partition coefficient (Wildman–Crippen LogP) is 3.60. The van der Waals surface area contributed by atoms with Crippen molar-refractivity contribution in [3.8, 4) is 17.7 Å². The summed E-state index contributed by atoms with van der Waals surface area (Å²) < 4.78 is 5.76. The molecule has 0 aliphatic carbocycles. The van der Waals surface area contributed by atoms with Gasteiger partial charge in [-0.05, 0) is 37.3 Å². The van der Waals surface area contributed by atoms with Gasteiger partial charge in [0.15, 0.2) is 0 Å². The van der Waals surface area contributed by atoms with Crippen molar-refractivity contribution in [2.75, 3.05) is 0 Å². The number of aromatic nitrogens is 2. The second kappa shape index (κ2) is 4.98. The molecule has 0 radical (unpaired) electrons. The normalized spacial score (nSPS) is 10.2. The van der Waals surface area contributed by atoms with Crippen molar-refractivity contribution < 1.29 is 4.74 Å². The van der Waals surface area contributed by atoms with E-state index in [1.165, 1.54) is 0 Å². The van der Waals surface area contributed by atoms with E-state index in [4.69, 9.17) is 10.00 Å². The van der Waals surface area contributed by atoms with Gasteiger partial charge in [0, 0.05) is 10.8 Å². The quantitative estimate of drug-likeness (QED) is 0.707. The molecule has 0 unspecified atom stereocenters. The van der Waals surface area contributed by atoms with E-state index in [2.05, 4.69) is 16.3 Å². The fourth-order valence-electron chi connectivity index (χ4n) is 2.00. The third-order valence-electron chi connectivity index (χ3n) is 3.04. The van der Waals surface area contributed by atoms with Crippen molar-refractivity contribution in [2.24, 2.45) is 0 Å². The molecule has 0 aliphatic heterocycles. The average Bonchev–Trinajstić information content (AvgIpc) is 2.51. The van der Waals surface area contributed by atoms with E-state index in [-0.39, 0.29) is 0 Å². The SMILES string of the molecule is Cc1nnc(Oc2ccc(C#N)cc2)c2ccccc12. The molecule has 0 fully saturated rings. The molecule has 0 amide bonds. The summed E-state index contributed by atoms with van der Waals surface area (Å²) in [6, 6.07) is 16.8. The van der Waals surface area contributed by atoms with Crippen LogP contribution in [0.2, 0.25) is 0 Å². The standard InChI is InChI=1S/C16H11N3O/c1-11-14-4-2-3-5-15(14)16(19-18-11)20-13-8-6-12(10-17)7-9-13/h2-9H,1H3. The molecule has 0 saturated carbocycles. The van der Waals surface area contributed by atoms with Crippen LogP contribution in [0.25, 0.3) is 10.8 Å². The zero-order chi connectivity index (χ0) is 13.9. The molecule has 1 heterocycles. The third kappa shape index (κ3) is 2.17. The molecule has 96 valence electrons. The molecule has 0 bridgehead atoms. The van der Waals surface area contributed by atoms with E-state index in [9.17, 15) is 0 Å². The smallest absolute Gasteiger partial charge is 0.246 e. The number of benzene rings is 2. The number of hydrogen-bond acceptors (Lipinski definition) is 4. The molecule has 3 rings (SSSR count). The maximum Gasteiger partial charge on any atom is 0.246 e. The lowest BCUT2D eigenvalue weighted by Crippen LogP contribution is -1.95. The van der Waals surface area contributed by atoms with Crippen molar-refractivity contribution in [1.82, 2.24) is 10.2 Å². The molecule has 2 aromatic carbocycles. The second-order valence-electron chi connectivity index (χ2n) is 4.37. The van der Waals surface area contributed by atoms with Gasteiger partial charge >= 0.3 is 0 Å². The molecule has 0 saturated heterocycles. The number of nitrogens with zero attached hydrogens (tertiary/aromatic N) is 3. The Bertz CT molecular complexity index is 804. The summed E-state index contributed by atoms with van der Waals surface area (Å²) in [7, 11) is 0. The second-order valence-corrected chi connectivity index (χ2v) is 4.37. The van der Waals surface area contributed by atoms with Gasteiger partial charge in [-0.3, -0.25) is 0 Å². The van der Waals surface area contributed by atoms with E-state index < -0.39 is 0 Å². The Morgan fingerprint density at radius 1 is 0.950 bits per heavy atom. The minimum Gasteiger partial charge on any atom is -0.437 e. The van der Waals surface area contributed by atoms with Gasteiger partial charge in [0.25, 0.3) is 0 Å². The van der Waals surface area contributed by atoms with Crippen molar-refractivity contribution in [3.05, 3.63) is 59.8 Å². The third-order valence-corrected chi connectivity index (χ3v) is 3.04. The Morgan fingerprint density at radius 2 is 1.65 bits per heavy atom. The largest absolute Gasteiger partial charge is 0.437 e. The van der Waals surface area contributed by atoms with Crippen LogP contribution < -0.4 is 4.74 Å². The van der Waals surface area contributed by atoms with Gasteiger partial charge in [-0.25, -0.2) is 0 Å². The highest BCUT2D eigenvalue weighted by molar-refractivity contribution is 5.88. The Labute approximate surface area is 116 Å². The van der Waals surface area contributed by atoms with Crippen LogP contribution in [-0.4, -0.2) is 10.2 Å². The number of aryl methyl sites for hydroxylation is 1. The molecule has 20 heavy (non-hydrogen) atoms. The maximum atomic E-state index is 8.78. The number of rotatable bonds is 2. The van der Waals surface area contributed by atoms with Crippen molar-refractivity contribution in [3.63, 3.8) is 0 Å². The Morgan fingerprint density at radius 3 is 2.35 bits per heavy atom. The van der Waals surface area contributed by atoms with E-state index in [0.717, 1.165) is 16.5 Å². The zero-order valence-corrected chi connectivity index (χ0v) is 10.9. The van der Waals surface area contributed by atoms with E-state index in [1.807, 2.05) is 31.2 Å². The Balaban J connectivity index is 2.02. The number of nitriles is 1. The van der Waals surface area contributed by atoms with Gasteiger partial charge in [-0.1, -0.05) is 18.2 Å². The van der Waals surface area contributed by atoms with Crippen molar-refractivity contribution in [2.45, 2.75) is 6.92 Å². The molecular weight excluding hydrogens is 250 g/mol. The molecular formula is C16H11N3O. The zero-order valence-electron chi connectivity index (χ0n) is 10.9. The van der Waals surface area contributed by atoms with Crippen LogP contribution in [0.15, 0.2) is 48.5 Å². The fraction of sp³-hybridized carbons (Fsp3) is 0.0625. The maximum absolute atomic E-state index is 8.78. The number of hydrogen-bond donors (Lipinski definition) is 0. The minimum atomic E-state index is 0.468.